The molecule has 0 radical (unpaired) electrons. The normalized spacial score (nSPS) is 10.4. The van der Waals surface area contributed by atoms with Crippen molar-refractivity contribution in [3.8, 4) is 0 Å². The van der Waals surface area contributed by atoms with Crippen molar-refractivity contribution in [3.63, 3.8) is 0 Å². The molecule has 2 aromatic rings. The van der Waals surface area contributed by atoms with Crippen molar-refractivity contribution in [1.82, 2.24) is 0 Å². The van der Waals surface area contributed by atoms with Crippen LogP contribution in [-0.4, -0.2) is 0 Å². The molecule has 2 nitrogen and oxygen atoms in total. The molecule has 0 unspecified atom stereocenters. The summed E-state index contributed by atoms with van der Waals surface area (Å²) in [5, 5.41) is 2.55. The Hall–Kier alpha value is -1.69. The lowest BCUT2D eigenvalue weighted by molar-refractivity contribution is 0.603. The van der Waals surface area contributed by atoms with Gasteiger partial charge in [-0.25, -0.2) is 13.2 Å². The molecular formula is C12H8BrF3N2. The maximum absolute atomic E-state index is 13.4. The second-order valence-electron chi connectivity index (χ2n) is 3.60. The molecule has 0 saturated carbocycles. The maximum atomic E-state index is 13.4. The summed E-state index contributed by atoms with van der Waals surface area (Å²) in [6.45, 7) is 0. The summed E-state index contributed by atoms with van der Waals surface area (Å²) < 4.78 is 39.9. The minimum Gasteiger partial charge on any atom is -0.397 e. The van der Waals surface area contributed by atoms with Crippen molar-refractivity contribution < 1.29 is 13.2 Å². The zero-order valence-corrected chi connectivity index (χ0v) is 10.6. The lowest BCUT2D eigenvalue weighted by Crippen LogP contribution is -2.00. The molecule has 6 heteroatoms. The molecule has 0 aliphatic heterocycles. The van der Waals surface area contributed by atoms with E-state index >= 15 is 0 Å². The molecule has 3 N–H and O–H groups in total. The van der Waals surface area contributed by atoms with E-state index in [1.807, 2.05) is 0 Å². The number of nitrogens with one attached hydrogen (secondary N) is 1. The minimum absolute atomic E-state index is 0.108. The molecule has 0 atom stereocenters. The van der Waals surface area contributed by atoms with Crippen molar-refractivity contribution in [2.75, 3.05) is 11.1 Å². The van der Waals surface area contributed by atoms with Crippen LogP contribution in [0.25, 0.3) is 0 Å². The number of benzene rings is 2. The Morgan fingerprint density at radius 2 is 1.67 bits per heavy atom. The van der Waals surface area contributed by atoms with E-state index in [1.54, 1.807) is 0 Å². The Labute approximate surface area is 110 Å². The fraction of sp³-hybridized carbons (Fsp3) is 0. The Morgan fingerprint density at radius 3 is 2.39 bits per heavy atom. The molecule has 2 rings (SSSR count). The third kappa shape index (κ3) is 2.59. The van der Waals surface area contributed by atoms with Crippen LogP contribution in [0.1, 0.15) is 0 Å². The monoisotopic (exact) mass is 316 g/mol. The fourth-order valence-electron chi connectivity index (χ4n) is 1.41. The Balaban J connectivity index is 2.40. The smallest absolute Gasteiger partial charge is 0.146 e. The van der Waals surface area contributed by atoms with Gasteiger partial charge in [0.25, 0.3) is 0 Å². The number of hydrogen-bond acceptors (Lipinski definition) is 2. The number of hydrogen-bond donors (Lipinski definition) is 2. The van der Waals surface area contributed by atoms with Gasteiger partial charge in [0.15, 0.2) is 0 Å². The Bertz CT molecular complexity index is 602. The van der Waals surface area contributed by atoms with E-state index in [9.17, 15) is 13.2 Å². The van der Waals surface area contributed by atoms with Gasteiger partial charge in [0.1, 0.15) is 17.5 Å². The Morgan fingerprint density at radius 1 is 0.944 bits per heavy atom. The van der Waals surface area contributed by atoms with Gasteiger partial charge in [-0.15, -0.1) is 0 Å². The second kappa shape index (κ2) is 4.89. The van der Waals surface area contributed by atoms with E-state index in [0.717, 1.165) is 24.3 Å². The van der Waals surface area contributed by atoms with Gasteiger partial charge < -0.3 is 11.1 Å². The quantitative estimate of drug-likeness (QED) is 0.815. The molecule has 0 fully saturated rings. The average Bonchev–Trinajstić information content (AvgIpc) is 2.30. The SMILES string of the molecule is Nc1cc(Br)c(F)cc1Nc1cc(F)ccc1F. The highest BCUT2D eigenvalue weighted by Crippen LogP contribution is 2.30. The van der Waals surface area contributed by atoms with Crippen molar-refractivity contribution in [2.24, 2.45) is 0 Å². The van der Waals surface area contributed by atoms with Gasteiger partial charge in [-0.1, -0.05) is 0 Å². The first kappa shape index (κ1) is 12.8. The van der Waals surface area contributed by atoms with Crippen LogP contribution < -0.4 is 11.1 Å². The van der Waals surface area contributed by atoms with E-state index in [1.165, 1.54) is 6.07 Å². The van der Waals surface area contributed by atoms with E-state index in [-0.39, 0.29) is 21.5 Å². The van der Waals surface area contributed by atoms with Crippen LogP contribution in [0.3, 0.4) is 0 Å². The first-order valence-electron chi connectivity index (χ1n) is 4.94. The largest absolute Gasteiger partial charge is 0.397 e. The summed E-state index contributed by atoms with van der Waals surface area (Å²) >= 11 is 2.97. The number of halogens is 4. The highest BCUT2D eigenvalue weighted by molar-refractivity contribution is 9.10. The molecule has 0 heterocycles. The van der Waals surface area contributed by atoms with Crippen molar-refractivity contribution in [2.45, 2.75) is 0 Å². The summed E-state index contributed by atoms with van der Waals surface area (Å²) in [4.78, 5) is 0. The molecule has 0 spiro atoms. The van der Waals surface area contributed by atoms with Gasteiger partial charge >= 0.3 is 0 Å². The number of rotatable bonds is 2. The summed E-state index contributed by atoms with van der Waals surface area (Å²) in [5.41, 5.74) is 5.92. The number of nitrogen functional groups attached to an aromatic ring is 1. The maximum Gasteiger partial charge on any atom is 0.146 e. The lowest BCUT2D eigenvalue weighted by atomic mass is 10.2. The van der Waals surface area contributed by atoms with Crippen molar-refractivity contribution in [1.29, 1.82) is 0 Å². The number of anilines is 3. The molecule has 0 amide bonds. The summed E-state index contributed by atoms with van der Waals surface area (Å²) in [6.07, 6.45) is 0. The predicted molar refractivity (Wildman–Crippen MR) is 68.2 cm³/mol. The molecule has 0 bridgehead atoms. The van der Waals surface area contributed by atoms with E-state index < -0.39 is 17.5 Å². The second-order valence-corrected chi connectivity index (χ2v) is 4.46. The summed E-state index contributed by atoms with van der Waals surface area (Å²) in [7, 11) is 0. The van der Waals surface area contributed by atoms with Crippen LogP contribution in [0.5, 0.6) is 0 Å². The van der Waals surface area contributed by atoms with Crippen molar-refractivity contribution >= 4 is 33.0 Å². The topological polar surface area (TPSA) is 38.0 Å². The molecule has 94 valence electrons. The molecule has 18 heavy (non-hydrogen) atoms. The van der Waals surface area contributed by atoms with Crippen LogP contribution in [0.2, 0.25) is 0 Å². The minimum atomic E-state index is -0.654. The average molecular weight is 317 g/mol. The third-order valence-electron chi connectivity index (χ3n) is 2.29. The van der Waals surface area contributed by atoms with Gasteiger partial charge in [-0.05, 0) is 34.1 Å². The Kier molecular flexibility index (Phi) is 3.47. The van der Waals surface area contributed by atoms with E-state index in [2.05, 4.69) is 21.2 Å². The highest BCUT2D eigenvalue weighted by Gasteiger charge is 2.09. The number of nitrogens with two attached hydrogens (primary N) is 1. The molecule has 0 aromatic heterocycles. The zero-order valence-electron chi connectivity index (χ0n) is 8.98. The molecule has 0 aliphatic carbocycles. The molecule has 2 aromatic carbocycles. The van der Waals surface area contributed by atoms with Crippen LogP contribution in [0, 0.1) is 17.5 Å². The standard InChI is InChI=1S/C12H8BrF3N2/c13-7-4-10(17)12(5-9(7)16)18-11-3-6(14)1-2-8(11)15/h1-5,18H,17H2. The van der Waals surface area contributed by atoms with E-state index in [0.29, 0.717) is 0 Å². The van der Waals surface area contributed by atoms with Gasteiger partial charge in [0, 0.05) is 12.1 Å². The van der Waals surface area contributed by atoms with Crippen LogP contribution >= 0.6 is 15.9 Å². The van der Waals surface area contributed by atoms with Gasteiger partial charge in [-0.3, -0.25) is 0 Å². The summed E-state index contributed by atoms with van der Waals surface area (Å²) in [6, 6.07) is 5.38. The van der Waals surface area contributed by atoms with Crippen LogP contribution in [0.15, 0.2) is 34.8 Å². The predicted octanol–water partition coefficient (Wildman–Crippen LogP) is 4.19. The highest BCUT2D eigenvalue weighted by atomic mass is 79.9. The first-order chi connectivity index (χ1) is 8.47. The van der Waals surface area contributed by atoms with E-state index in [4.69, 9.17) is 5.73 Å². The zero-order chi connectivity index (χ0) is 13.3. The van der Waals surface area contributed by atoms with Gasteiger partial charge in [0.05, 0.1) is 21.5 Å². The molecule has 0 saturated heterocycles. The van der Waals surface area contributed by atoms with Crippen LogP contribution in [0.4, 0.5) is 30.2 Å². The first-order valence-corrected chi connectivity index (χ1v) is 5.73. The fourth-order valence-corrected chi connectivity index (χ4v) is 1.77. The lowest BCUT2D eigenvalue weighted by Gasteiger charge is -2.11. The molecule has 0 aliphatic rings. The van der Waals surface area contributed by atoms with Gasteiger partial charge in [-0.2, -0.15) is 0 Å². The van der Waals surface area contributed by atoms with Crippen LogP contribution in [-0.2, 0) is 0 Å². The summed E-state index contributed by atoms with van der Waals surface area (Å²) in [5.74, 6) is -1.81. The molecular weight excluding hydrogens is 309 g/mol. The van der Waals surface area contributed by atoms with Gasteiger partial charge in [0.2, 0.25) is 0 Å². The van der Waals surface area contributed by atoms with Crippen molar-refractivity contribution in [3.05, 3.63) is 52.3 Å². The third-order valence-corrected chi connectivity index (χ3v) is 2.90.